The van der Waals surface area contributed by atoms with E-state index in [1.165, 1.54) is 0 Å². The second-order valence-electron chi connectivity index (χ2n) is 4.65. The van der Waals surface area contributed by atoms with Gasteiger partial charge in [-0.1, -0.05) is 50.2 Å². The van der Waals surface area contributed by atoms with Gasteiger partial charge in [0.05, 0.1) is 0 Å². The Morgan fingerprint density at radius 3 is 1.35 bits per heavy atom. The Kier molecular flexibility index (Phi) is 3.84. The average molecular weight is 266 g/mol. The lowest BCUT2D eigenvalue weighted by Gasteiger charge is -2.20. The standard InChI is InChI=1S/C16H12O2.C2H6/c1-9-7-8-10(2)14-13(9)15(17)11-5-3-4-6-12(11)16(14)18;1-2/h3-8H,1-2H3;1-2H3. The zero-order valence-electron chi connectivity index (χ0n) is 12.3. The van der Waals surface area contributed by atoms with Crippen molar-refractivity contribution in [2.45, 2.75) is 27.7 Å². The van der Waals surface area contributed by atoms with Gasteiger partial charge < -0.3 is 0 Å². The lowest BCUT2D eigenvalue weighted by Crippen LogP contribution is -2.23. The molecule has 2 aromatic carbocycles. The smallest absolute Gasteiger partial charge is 0.194 e. The maximum atomic E-state index is 12.5. The Morgan fingerprint density at radius 2 is 1.00 bits per heavy atom. The zero-order chi connectivity index (χ0) is 14.9. The van der Waals surface area contributed by atoms with Crippen molar-refractivity contribution in [1.82, 2.24) is 0 Å². The van der Waals surface area contributed by atoms with E-state index in [1.807, 2.05) is 39.8 Å². The second kappa shape index (κ2) is 5.41. The number of aryl methyl sites for hydroxylation is 2. The molecule has 0 aromatic heterocycles. The van der Waals surface area contributed by atoms with Gasteiger partial charge in [0, 0.05) is 22.3 Å². The van der Waals surface area contributed by atoms with E-state index in [4.69, 9.17) is 0 Å². The van der Waals surface area contributed by atoms with Crippen LogP contribution in [-0.2, 0) is 0 Å². The lowest BCUT2D eigenvalue weighted by molar-refractivity contribution is 0.0978. The van der Waals surface area contributed by atoms with Gasteiger partial charge in [-0.2, -0.15) is 0 Å². The predicted octanol–water partition coefficient (Wildman–Crippen LogP) is 4.11. The number of rotatable bonds is 0. The molecule has 0 spiro atoms. The van der Waals surface area contributed by atoms with Crippen molar-refractivity contribution in [3.05, 3.63) is 69.8 Å². The monoisotopic (exact) mass is 266 g/mol. The highest BCUT2D eigenvalue weighted by Gasteiger charge is 2.31. The van der Waals surface area contributed by atoms with Gasteiger partial charge >= 0.3 is 0 Å². The molecule has 0 amide bonds. The van der Waals surface area contributed by atoms with Crippen LogP contribution in [0, 0.1) is 13.8 Å². The van der Waals surface area contributed by atoms with Crippen molar-refractivity contribution in [3.63, 3.8) is 0 Å². The summed E-state index contributed by atoms with van der Waals surface area (Å²) < 4.78 is 0. The maximum Gasteiger partial charge on any atom is 0.194 e. The third kappa shape index (κ3) is 1.97. The summed E-state index contributed by atoms with van der Waals surface area (Å²) in [5.41, 5.74) is 3.90. The molecule has 1 aliphatic rings. The van der Waals surface area contributed by atoms with Crippen molar-refractivity contribution in [2.75, 3.05) is 0 Å². The van der Waals surface area contributed by atoms with Crippen LogP contribution in [0.5, 0.6) is 0 Å². The molecule has 0 radical (unpaired) electrons. The maximum absolute atomic E-state index is 12.5. The number of hydrogen-bond donors (Lipinski definition) is 0. The van der Waals surface area contributed by atoms with Crippen LogP contribution >= 0.6 is 0 Å². The molecule has 0 unspecified atom stereocenters. The molecule has 0 heterocycles. The molecule has 2 heteroatoms. The summed E-state index contributed by atoms with van der Waals surface area (Å²) in [7, 11) is 0. The molecule has 20 heavy (non-hydrogen) atoms. The number of ketones is 2. The fourth-order valence-corrected chi connectivity index (χ4v) is 2.54. The third-order valence-corrected chi connectivity index (χ3v) is 3.49. The first kappa shape index (κ1) is 14.2. The summed E-state index contributed by atoms with van der Waals surface area (Å²) in [6.07, 6.45) is 0. The van der Waals surface area contributed by atoms with Gasteiger partial charge in [-0.05, 0) is 25.0 Å². The minimum absolute atomic E-state index is 0.0404. The van der Waals surface area contributed by atoms with Crippen LogP contribution in [0.3, 0.4) is 0 Å². The highest BCUT2D eigenvalue weighted by Crippen LogP contribution is 2.31. The lowest BCUT2D eigenvalue weighted by atomic mass is 9.80. The zero-order valence-corrected chi connectivity index (χ0v) is 12.3. The average Bonchev–Trinajstić information content (AvgIpc) is 2.49. The molecule has 0 fully saturated rings. The molecule has 0 atom stereocenters. The Morgan fingerprint density at radius 1 is 0.650 bits per heavy atom. The van der Waals surface area contributed by atoms with E-state index < -0.39 is 0 Å². The fourth-order valence-electron chi connectivity index (χ4n) is 2.54. The minimum atomic E-state index is -0.0404. The molecule has 102 valence electrons. The van der Waals surface area contributed by atoms with E-state index in [2.05, 4.69) is 0 Å². The number of fused-ring (bicyclic) bond motifs is 2. The quantitative estimate of drug-likeness (QED) is 0.613. The second-order valence-corrected chi connectivity index (χ2v) is 4.65. The molecule has 0 bridgehead atoms. The molecule has 3 rings (SSSR count). The first-order valence-corrected chi connectivity index (χ1v) is 6.90. The van der Waals surface area contributed by atoms with Crippen molar-refractivity contribution >= 4 is 11.6 Å². The fraction of sp³-hybridized carbons (Fsp3) is 0.222. The molecule has 0 saturated carbocycles. The highest BCUT2D eigenvalue weighted by atomic mass is 16.1. The van der Waals surface area contributed by atoms with Crippen molar-refractivity contribution in [1.29, 1.82) is 0 Å². The van der Waals surface area contributed by atoms with Crippen LogP contribution in [0.2, 0.25) is 0 Å². The summed E-state index contributed by atoms with van der Waals surface area (Å²) in [5.74, 6) is -0.0807. The SMILES string of the molecule is CC.Cc1ccc(C)c2c1C(=O)c1ccccc1C2=O. The number of hydrogen-bond acceptors (Lipinski definition) is 2. The van der Waals surface area contributed by atoms with Gasteiger partial charge in [0.2, 0.25) is 0 Å². The summed E-state index contributed by atoms with van der Waals surface area (Å²) >= 11 is 0. The largest absolute Gasteiger partial charge is 0.289 e. The summed E-state index contributed by atoms with van der Waals surface area (Å²) in [6, 6.07) is 10.8. The highest BCUT2D eigenvalue weighted by molar-refractivity contribution is 6.29. The van der Waals surface area contributed by atoms with Gasteiger partial charge in [-0.15, -0.1) is 0 Å². The van der Waals surface area contributed by atoms with Gasteiger partial charge in [0.25, 0.3) is 0 Å². The van der Waals surface area contributed by atoms with E-state index in [0.717, 1.165) is 11.1 Å². The summed E-state index contributed by atoms with van der Waals surface area (Å²) in [5, 5.41) is 0. The Bertz CT molecular complexity index is 637. The number of carbonyl (C=O) groups is 2. The Hall–Kier alpha value is -2.22. The molecular weight excluding hydrogens is 248 g/mol. The van der Waals surface area contributed by atoms with Crippen LogP contribution in [-0.4, -0.2) is 11.6 Å². The Labute approximate surface area is 119 Å². The molecule has 0 saturated heterocycles. The van der Waals surface area contributed by atoms with Crippen LogP contribution in [0.15, 0.2) is 36.4 Å². The normalized spacial score (nSPS) is 12.2. The molecule has 2 nitrogen and oxygen atoms in total. The van der Waals surface area contributed by atoms with E-state index in [9.17, 15) is 9.59 Å². The predicted molar refractivity (Wildman–Crippen MR) is 80.6 cm³/mol. The van der Waals surface area contributed by atoms with Gasteiger partial charge in [-0.25, -0.2) is 0 Å². The molecular formula is C18H18O2. The summed E-state index contributed by atoms with van der Waals surface area (Å²) in [4.78, 5) is 24.9. The molecule has 0 aliphatic heterocycles. The van der Waals surface area contributed by atoms with Crippen molar-refractivity contribution in [3.8, 4) is 0 Å². The van der Waals surface area contributed by atoms with E-state index in [0.29, 0.717) is 22.3 Å². The first-order valence-electron chi connectivity index (χ1n) is 6.90. The summed E-state index contributed by atoms with van der Waals surface area (Å²) in [6.45, 7) is 7.74. The number of carbonyl (C=O) groups excluding carboxylic acids is 2. The molecule has 0 N–H and O–H groups in total. The molecule has 1 aliphatic carbocycles. The van der Waals surface area contributed by atoms with E-state index >= 15 is 0 Å². The topological polar surface area (TPSA) is 34.1 Å². The van der Waals surface area contributed by atoms with Crippen LogP contribution in [0.25, 0.3) is 0 Å². The number of benzene rings is 2. The third-order valence-electron chi connectivity index (χ3n) is 3.49. The van der Waals surface area contributed by atoms with E-state index in [1.54, 1.807) is 24.3 Å². The van der Waals surface area contributed by atoms with Crippen molar-refractivity contribution in [2.24, 2.45) is 0 Å². The van der Waals surface area contributed by atoms with E-state index in [-0.39, 0.29) is 11.6 Å². The van der Waals surface area contributed by atoms with Crippen LogP contribution in [0.1, 0.15) is 56.8 Å². The van der Waals surface area contributed by atoms with Crippen LogP contribution in [0.4, 0.5) is 0 Å². The van der Waals surface area contributed by atoms with Gasteiger partial charge in [0.15, 0.2) is 11.6 Å². The van der Waals surface area contributed by atoms with Gasteiger partial charge in [-0.3, -0.25) is 9.59 Å². The minimum Gasteiger partial charge on any atom is -0.289 e. The first-order chi connectivity index (χ1) is 9.61. The van der Waals surface area contributed by atoms with Crippen molar-refractivity contribution < 1.29 is 9.59 Å². The van der Waals surface area contributed by atoms with Crippen LogP contribution < -0.4 is 0 Å². The van der Waals surface area contributed by atoms with Gasteiger partial charge in [0.1, 0.15) is 0 Å². The molecule has 2 aromatic rings. The Balaban J connectivity index is 0.000000704.